The molecule has 1 aromatic heterocycles. The zero-order chi connectivity index (χ0) is 32.9. The summed E-state index contributed by atoms with van der Waals surface area (Å²) in [5, 5.41) is 28.2. The van der Waals surface area contributed by atoms with Crippen LogP contribution in [0.1, 0.15) is 143 Å². The molecule has 3 rings (SSSR count). The van der Waals surface area contributed by atoms with E-state index in [0.717, 1.165) is 28.9 Å². The molecule has 3 N–H and O–H groups in total. The van der Waals surface area contributed by atoms with Gasteiger partial charge >= 0.3 is 0 Å². The molecule has 0 unspecified atom stereocenters. The summed E-state index contributed by atoms with van der Waals surface area (Å²) in [6.07, 6.45) is 11.6. The Morgan fingerprint density at radius 1 is 0.690 bits per heavy atom. The SMILES string of the molecule is CC(=O)c1ccc2n[nH]nc2c1.CC(C)=O.CCCC.CCCC.CCCC(C)CCC.CCc1cc(O)cc(O)c1. The van der Waals surface area contributed by atoms with Gasteiger partial charge in [0.1, 0.15) is 28.3 Å². The molecule has 7 nitrogen and oxygen atoms in total. The van der Waals surface area contributed by atoms with Gasteiger partial charge < -0.3 is 15.0 Å². The Labute approximate surface area is 256 Å². The topological polar surface area (TPSA) is 116 Å². The van der Waals surface area contributed by atoms with E-state index in [2.05, 4.69) is 63.9 Å². The predicted octanol–water partition coefficient (Wildman–Crippen LogP) is 10.3. The summed E-state index contributed by atoms with van der Waals surface area (Å²) in [6.45, 7) is 22.1. The lowest BCUT2D eigenvalue weighted by Crippen LogP contribution is -1.91. The number of nitrogens with one attached hydrogen (secondary N) is 1. The van der Waals surface area contributed by atoms with E-state index < -0.39 is 0 Å². The van der Waals surface area contributed by atoms with E-state index in [1.165, 1.54) is 78.2 Å². The first kappa shape index (κ1) is 43.2. The van der Waals surface area contributed by atoms with Crippen LogP contribution in [-0.4, -0.2) is 37.2 Å². The molecule has 7 heteroatoms. The van der Waals surface area contributed by atoms with Crippen molar-refractivity contribution < 1.29 is 19.8 Å². The fraction of sp³-hybridized carbons (Fsp3) is 0.600. The minimum absolute atomic E-state index is 0.0416. The summed E-state index contributed by atoms with van der Waals surface area (Å²) >= 11 is 0. The number of aromatic amines is 1. The van der Waals surface area contributed by atoms with E-state index in [1.807, 2.05) is 6.92 Å². The van der Waals surface area contributed by atoms with E-state index in [9.17, 15) is 9.59 Å². The zero-order valence-corrected chi connectivity index (χ0v) is 28.5. The highest BCUT2D eigenvalue weighted by molar-refractivity contribution is 5.97. The highest BCUT2D eigenvalue weighted by atomic mass is 16.3. The number of hydrogen-bond donors (Lipinski definition) is 3. The normalized spacial score (nSPS) is 9.33. The average Bonchev–Trinajstić information content (AvgIpc) is 3.41. The van der Waals surface area contributed by atoms with Gasteiger partial charge in [0.05, 0.1) is 0 Å². The second-order valence-electron chi connectivity index (χ2n) is 10.4. The maximum Gasteiger partial charge on any atom is 0.159 e. The lowest BCUT2D eigenvalue weighted by Gasteiger charge is -2.05. The number of hydrogen-bond acceptors (Lipinski definition) is 6. The monoisotopic (exact) mass is 587 g/mol. The number of phenols is 2. The third-order valence-electron chi connectivity index (χ3n) is 5.66. The maximum atomic E-state index is 11.0. The number of benzene rings is 2. The van der Waals surface area contributed by atoms with Gasteiger partial charge in [-0.15, -0.1) is 0 Å². The van der Waals surface area contributed by atoms with Crippen LogP contribution in [0, 0.1) is 5.92 Å². The highest BCUT2D eigenvalue weighted by Gasteiger charge is 2.02. The number of H-pyrrole nitrogens is 1. The molecular formula is C35H61N3O4. The number of carbonyl (C=O) groups excluding carboxylic acids is 2. The number of aromatic nitrogens is 3. The van der Waals surface area contributed by atoms with Crippen LogP contribution in [0.5, 0.6) is 11.5 Å². The van der Waals surface area contributed by atoms with Crippen LogP contribution in [0.2, 0.25) is 0 Å². The second kappa shape index (κ2) is 29.3. The van der Waals surface area contributed by atoms with E-state index in [-0.39, 0.29) is 23.1 Å². The van der Waals surface area contributed by atoms with Gasteiger partial charge in [-0.1, -0.05) is 107 Å². The van der Waals surface area contributed by atoms with Gasteiger partial charge in [0.25, 0.3) is 0 Å². The van der Waals surface area contributed by atoms with Crippen molar-refractivity contribution in [2.75, 3.05) is 0 Å². The van der Waals surface area contributed by atoms with Crippen molar-refractivity contribution in [2.24, 2.45) is 5.92 Å². The van der Waals surface area contributed by atoms with Crippen LogP contribution in [0.3, 0.4) is 0 Å². The smallest absolute Gasteiger partial charge is 0.159 e. The largest absolute Gasteiger partial charge is 0.508 e. The zero-order valence-electron chi connectivity index (χ0n) is 28.5. The molecule has 240 valence electrons. The summed E-state index contributed by atoms with van der Waals surface area (Å²) in [5.41, 5.74) is 3.11. The molecule has 0 aliphatic carbocycles. The van der Waals surface area contributed by atoms with Gasteiger partial charge in [0.2, 0.25) is 0 Å². The second-order valence-corrected chi connectivity index (χ2v) is 10.4. The summed E-state index contributed by atoms with van der Waals surface area (Å²) in [4.78, 5) is 20.4. The lowest BCUT2D eigenvalue weighted by atomic mass is 10.0. The van der Waals surface area contributed by atoms with Crippen LogP contribution >= 0.6 is 0 Å². The molecule has 0 aliphatic heterocycles. The average molecular weight is 588 g/mol. The highest BCUT2D eigenvalue weighted by Crippen LogP contribution is 2.20. The van der Waals surface area contributed by atoms with Crippen molar-refractivity contribution in [3.8, 4) is 11.5 Å². The van der Waals surface area contributed by atoms with Crippen LogP contribution in [0.15, 0.2) is 36.4 Å². The number of rotatable bonds is 8. The first-order valence-corrected chi connectivity index (χ1v) is 15.7. The number of carbonyl (C=O) groups is 2. The molecule has 0 aliphatic rings. The van der Waals surface area contributed by atoms with Gasteiger partial charge in [-0.05, 0) is 69.0 Å². The summed E-state index contributed by atoms with van der Waals surface area (Å²) in [5.74, 6) is 1.42. The maximum absolute atomic E-state index is 11.0. The van der Waals surface area contributed by atoms with Gasteiger partial charge in [0.15, 0.2) is 5.78 Å². The van der Waals surface area contributed by atoms with E-state index in [0.29, 0.717) is 5.56 Å². The third-order valence-corrected chi connectivity index (χ3v) is 5.66. The van der Waals surface area contributed by atoms with Crippen LogP contribution in [0.4, 0.5) is 0 Å². The fourth-order valence-corrected chi connectivity index (χ4v) is 3.05. The number of nitrogens with zero attached hydrogens (tertiary/aromatic N) is 2. The Balaban J connectivity index is -0.000000464. The molecule has 2 aromatic carbocycles. The minimum Gasteiger partial charge on any atom is -0.508 e. The summed E-state index contributed by atoms with van der Waals surface area (Å²) < 4.78 is 0. The Bertz CT molecular complexity index is 1030. The summed E-state index contributed by atoms with van der Waals surface area (Å²) in [7, 11) is 0. The van der Waals surface area contributed by atoms with Crippen LogP contribution in [0.25, 0.3) is 11.0 Å². The standard InChI is InChI=1S/C8H7N3O.C8H10O2.C8H18.2C4H10.C3H6O/c1-5(12)6-2-3-7-8(4-6)10-11-9-7;1-2-6-3-7(9)5-8(10)4-6;1-4-6-8(3)7-5-2;2*1-3-4-2;1-3(2)4/h2-4H,1H3,(H,9,10,11);3-5,9-10H,2H2,1H3;8H,4-7H2,1-3H3;2*3-4H2,1-2H3;1-2H3. The molecule has 42 heavy (non-hydrogen) atoms. The fourth-order valence-electron chi connectivity index (χ4n) is 3.05. The minimum atomic E-state index is 0.0416. The predicted molar refractivity (Wildman–Crippen MR) is 180 cm³/mol. The van der Waals surface area contributed by atoms with E-state index in [4.69, 9.17) is 10.2 Å². The molecule has 0 bridgehead atoms. The first-order valence-electron chi connectivity index (χ1n) is 15.7. The van der Waals surface area contributed by atoms with Crippen molar-refractivity contribution in [3.05, 3.63) is 47.5 Å². The Morgan fingerprint density at radius 2 is 1.12 bits per heavy atom. The number of Topliss-reactive ketones (excluding diaryl/α,β-unsaturated/α-hetero) is 2. The molecule has 3 aromatic rings. The van der Waals surface area contributed by atoms with Crippen molar-refractivity contribution >= 4 is 22.6 Å². The molecule has 0 spiro atoms. The Kier molecular flexibility index (Phi) is 30.1. The summed E-state index contributed by atoms with van der Waals surface area (Å²) in [6, 6.07) is 9.84. The molecule has 0 fully saturated rings. The van der Waals surface area contributed by atoms with Crippen molar-refractivity contribution in [1.29, 1.82) is 0 Å². The number of fused-ring (bicyclic) bond motifs is 1. The lowest BCUT2D eigenvalue weighted by molar-refractivity contribution is -0.115. The number of phenolic OH excluding ortho intramolecular Hbond substituents is 2. The molecule has 0 saturated heterocycles. The van der Waals surface area contributed by atoms with Crippen molar-refractivity contribution in [1.82, 2.24) is 15.4 Å². The third kappa shape index (κ3) is 27.0. The van der Waals surface area contributed by atoms with Crippen molar-refractivity contribution in [3.63, 3.8) is 0 Å². The van der Waals surface area contributed by atoms with Crippen LogP contribution < -0.4 is 0 Å². The van der Waals surface area contributed by atoms with Crippen molar-refractivity contribution in [2.45, 2.75) is 134 Å². The first-order chi connectivity index (χ1) is 19.9. The number of unbranched alkanes of at least 4 members (excludes halogenated alkanes) is 2. The van der Waals surface area contributed by atoms with Crippen LogP contribution in [-0.2, 0) is 11.2 Å². The van der Waals surface area contributed by atoms with Gasteiger partial charge in [0, 0.05) is 11.6 Å². The molecule has 0 radical (unpaired) electrons. The van der Waals surface area contributed by atoms with Gasteiger partial charge in [-0.3, -0.25) is 4.79 Å². The number of ketones is 2. The quantitative estimate of drug-likeness (QED) is 0.226. The molecule has 0 saturated carbocycles. The van der Waals surface area contributed by atoms with E-state index in [1.54, 1.807) is 30.3 Å². The molecule has 0 atom stereocenters. The van der Waals surface area contributed by atoms with Gasteiger partial charge in [-0.25, -0.2) is 0 Å². The Morgan fingerprint density at radius 3 is 1.48 bits per heavy atom. The number of aryl methyl sites for hydroxylation is 1. The Hall–Kier alpha value is -3.22. The number of aromatic hydroxyl groups is 2. The van der Waals surface area contributed by atoms with E-state index >= 15 is 0 Å². The molecule has 1 heterocycles. The van der Waals surface area contributed by atoms with Gasteiger partial charge in [-0.2, -0.15) is 15.4 Å². The molecule has 0 amide bonds. The molecular weight excluding hydrogens is 526 g/mol.